The monoisotopic (exact) mass is 277 g/mol. The predicted molar refractivity (Wildman–Crippen MR) is 78.8 cm³/mol. The Labute approximate surface area is 120 Å². The Morgan fingerprint density at radius 1 is 1.45 bits per heavy atom. The van der Waals surface area contributed by atoms with Crippen LogP contribution in [0.15, 0.2) is 12.1 Å². The quantitative estimate of drug-likeness (QED) is 0.781. The highest BCUT2D eigenvalue weighted by molar-refractivity contribution is 5.92. The van der Waals surface area contributed by atoms with Gasteiger partial charge < -0.3 is 10.6 Å². The number of anilines is 1. The zero-order valence-electron chi connectivity index (χ0n) is 12.4. The summed E-state index contributed by atoms with van der Waals surface area (Å²) < 4.78 is 0. The van der Waals surface area contributed by atoms with Crippen molar-refractivity contribution < 1.29 is 4.79 Å². The molecule has 1 saturated carbocycles. The number of nitrogens with one attached hydrogen (secondary N) is 2. The average Bonchev–Trinajstić information content (AvgIpc) is 3.29. The summed E-state index contributed by atoms with van der Waals surface area (Å²) >= 11 is 0. The van der Waals surface area contributed by atoms with Crippen LogP contribution in [0.4, 0.5) is 5.82 Å². The van der Waals surface area contributed by atoms with Gasteiger partial charge in [0, 0.05) is 25.2 Å². The van der Waals surface area contributed by atoms with Gasteiger partial charge in [0.15, 0.2) is 5.69 Å². The molecule has 1 aromatic rings. The number of rotatable bonds is 7. The normalized spacial score (nSPS) is 16.0. The summed E-state index contributed by atoms with van der Waals surface area (Å²) in [4.78, 5) is 13.9. The van der Waals surface area contributed by atoms with Gasteiger partial charge in [-0.2, -0.15) is 0 Å². The Hall–Kier alpha value is -1.69. The SMILES string of the molecule is CCNC(=O)c1ccc(NCC(C)N(C)C2CC2)nn1. The van der Waals surface area contributed by atoms with Crippen LogP contribution < -0.4 is 10.6 Å². The van der Waals surface area contributed by atoms with Crippen molar-refractivity contribution >= 4 is 11.7 Å². The van der Waals surface area contributed by atoms with E-state index in [1.165, 1.54) is 12.8 Å². The Bertz CT molecular complexity index is 443. The van der Waals surface area contributed by atoms with E-state index in [-0.39, 0.29) is 5.91 Å². The van der Waals surface area contributed by atoms with Gasteiger partial charge in [0.25, 0.3) is 5.91 Å². The second-order valence-corrected chi connectivity index (χ2v) is 5.29. The van der Waals surface area contributed by atoms with Crippen LogP contribution in [-0.4, -0.2) is 53.2 Å². The molecule has 6 heteroatoms. The maximum absolute atomic E-state index is 11.6. The molecule has 1 atom stereocenters. The van der Waals surface area contributed by atoms with Crippen LogP contribution in [0.3, 0.4) is 0 Å². The zero-order valence-corrected chi connectivity index (χ0v) is 12.4. The molecule has 0 saturated heterocycles. The standard InChI is InChI=1S/C14H23N5O/c1-4-15-14(20)12-7-8-13(18-17-12)16-9-10(2)19(3)11-5-6-11/h7-8,10-11H,4-6,9H2,1-3H3,(H,15,20)(H,16,18). The number of likely N-dealkylation sites (N-methyl/N-ethyl adjacent to an activating group) is 1. The van der Waals surface area contributed by atoms with Crippen LogP contribution in [0.5, 0.6) is 0 Å². The number of aromatic nitrogens is 2. The predicted octanol–water partition coefficient (Wildman–Crippen LogP) is 1.12. The van der Waals surface area contributed by atoms with E-state index in [4.69, 9.17) is 0 Å². The minimum Gasteiger partial charge on any atom is -0.367 e. The van der Waals surface area contributed by atoms with Crippen molar-refractivity contribution in [1.29, 1.82) is 0 Å². The molecule has 0 bridgehead atoms. The van der Waals surface area contributed by atoms with Gasteiger partial charge in [-0.1, -0.05) is 0 Å². The molecule has 6 nitrogen and oxygen atoms in total. The Morgan fingerprint density at radius 2 is 2.20 bits per heavy atom. The Balaban J connectivity index is 1.82. The molecule has 1 heterocycles. The van der Waals surface area contributed by atoms with Gasteiger partial charge in [0.2, 0.25) is 0 Å². The molecule has 1 aromatic heterocycles. The van der Waals surface area contributed by atoms with Crippen molar-refractivity contribution in [3.8, 4) is 0 Å². The molecule has 0 spiro atoms. The van der Waals surface area contributed by atoms with Crippen LogP contribution in [-0.2, 0) is 0 Å². The number of hydrogen-bond acceptors (Lipinski definition) is 5. The van der Waals surface area contributed by atoms with E-state index in [1.54, 1.807) is 12.1 Å². The molecule has 110 valence electrons. The molecule has 2 rings (SSSR count). The topological polar surface area (TPSA) is 70.2 Å². The van der Waals surface area contributed by atoms with Crippen LogP contribution in [0.2, 0.25) is 0 Å². The first-order chi connectivity index (χ1) is 9.61. The molecule has 1 aliphatic carbocycles. The lowest BCUT2D eigenvalue weighted by Gasteiger charge is -2.24. The second-order valence-electron chi connectivity index (χ2n) is 5.29. The fourth-order valence-electron chi connectivity index (χ4n) is 2.04. The first-order valence-corrected chi connectivity index (χ1v) is 7.19. The van der Waals surface area contributed by atoms with Crippen molar-refractivity contribution in [1.82, 2.24) is 20.4 Å². The van der Waals surface area contributed by atoms with Gasteiger partial charge in [-0.25, -0.2) is 0 Å². The maximum Gasteiger partial charge on any atom is 0.271 e. The number of hydrogen-bond donors (Lipinski definition) is 2. The lowest BCUT2D eigenvalue weighted by atomic mass is 10.3. The highest BCUT2D eigenvalue weighted by Gasteiger charge is 2.28. The fraction of sp³-hybridized carbons (Fsp3) is 0.643. The third-order valence-corrected chi connectivity index (χ3v) is 3.63. The molecule has 1 amide bonds. The first kappa shape index (κ1) is 14.7. The first-order valence-electron chi connectivity index (χ1n) is 7.19. The van der Waals surface area contributed by atoms with Gasteiger partial charge in [-0.3, -0.25) is 9.69 Å². The molecule has 1 fully saturated rings. The minimum absolute atomic E-state index is 0.187. The zero-order chi connectivity index (χ0) is 14.5. The van der Waals surface area contributed by atoms with E-state index in [0.717, 1.165) is 12.6 Å². The molecular formula is C14H23N5O. The van der Waals surface area contributed by atoms with Crippen molar-refractivity contribution in [2.24, 2.45) is 0 Å². The molecule has 0 aliphatic heterocycles. The molecule has 0 aromatic carbocycles. The average molecular weight is 277 g/mol. The van der Waals surface area contributed by atoms with Crippen molar-refractivity contribution in [2.75, 3.05) is 25.5 Å². The molecule has 1 unspecified atom stereocenters. The molecule has 0 radical (unpaired) electrons. The van der Waals surface area contributed by atoms with E-state index in [9.17, 15) is 4.79 Å². The van der Waals surface area contributed by atoms with Crippen LogP contribution in [0.25, 0.3) is 0 Å². The summed E-state index contributed by atoms with van der Waals surface area (Å²) in [5.41, 5.74) is 0.348. The minimum atomic E-state index is -0.187. The number of carbonyl (C=O) groups is 1. The van der Waals surface area contributed by atoms with Gasteiger partial charge in [0.1, 0.15) is 5.82 Å². The van der Waals surface area contributed by atoms with E-state index < -0.39 is 0 Å². The van der Waals surface area contributed by atoms with Gasteiger partial charge in [-0.15, -0.1) is 10.2 Å². The number of carbonyl (C=O) groups excluding carboxylic acids is 1. The van der Waals surface area contributed by atoms with Gasteiger partial charge in [-0.05, 0) is 45.9 Å². The second kappa shape index (κ2) is 6.65. The highest BCUT2D eigenvalue weighted by Crippen LogP contribution is 2.26. The molecular weight excluding hydrogens is 254 g/mol. The van der Waals surface area contributed by atoms with Gasteiger partial charge >= 0.3 is 0 Å². The smallest absolute Gasteiger partial charge is 0.271 e. The van der Waals surface area contributed by atoms with Gasteiger partial charge in [0.05, 0.1) is 0 Å². The van der Waals surface area contributed by atoms with Crippen molar-refractivity contribution in [2.45, 2.75) is 38.8 Å². The third-order valence-electron chi connectivity index (χ3n) is 3.63. The van der Waals surface area contributed by atoms with E-state index in [0.29, 0.717) is 24.1 Å². The van der Waals surface area contributed by atoms with E-state index in [1.807, 2.05) is 6.92 Å². The summed E-state index contributed by atoms with van der Waals surface area (Å²) in [6, 6.07) is 4.68. The summed E-state index contributed by atoms with van der Waals surface area (Å²) in [6.45, 7) is 5.48. The molecule has 20 heavy (non-hydrogen) atoms. The van der Waals surface area contributed by atoms with Crippen molar-refractivity contribution in [3.05, 3.63) is 17.8 Å². The number of nitrogens with zero attached hydrogens (tertiary/aromatic N) is 3. The highest BCUT2D eigenvalue weighted by atomic mass is 16.1. The van der Waals surface area contributed by atoms with Crippen molar-refractivity contribution in [3.63, 3.8) is 0 Å². The molecule has 2 N–H and O–H groups in total. The van der Waals surface area contributed by atoms with Crippen LogP contribution >= 0.6 is 0 Å². The Kier molecular flexibility index (Phi) is 4.89. The maximum atomic E-state index is 11.6. The fourth-order valence-corrected chi connectivity index (χ4v) is 2.04. The molecule has 1 aliphatic rings. The summed E-state index contributed by atoms with van der Waals surface area (Å²) in [5, 5.41) is 13.9. The largest absolute Gasteiger partial charge is 0.367 e. The lowest BCUT2D eigenvalue weighted by Crippen LogP contribution is -2.36. The third kappa shape index (κ3) is 3.90. The number of amides is 1. The summed E-state index contributed by atoms with van der Waals surface area (Å²) in [6.07, 6.45) is 2.61. The summed E-state index contributed by atoms with van der Waals surface area (Å²) in [5.74, 6) is 0.516. The van der Waals surface area contributed by atoms with E-state index in [2.05, 4.69) is 39.7 Å². The van der Waals surface area contributed by atoms with E-state index >= 15 is 0 Å². The Morgan fingerprint density at radius 3 is 2.75 bits per heavy atom. The lowest BCUT2D eigenvalue weighted by molar-refractivity contribution is 0.0950. The summed E-state index contributed by atoms with van der Waals surface area (Å²) in [7, 11) is 2.16. The van der Waals surface area contributed by atoms with Crippen LogP contribution in [0.1, 0.15) is 37.2 Å². The van der Waals surface area contributed by atoms with Crippen LogP contribution in [0, 0.1) is 0 Å².